The SMILES string of the molecule is O=C(NCCC1CCCC1)c1ccc(Br)c([N+](=O)[O-])c1. The molecule has 6 heteroatoms. The van der Waals surface area contributed by atoms with E-state index in [0.717, 1.165) is 12.3 Å². The molecule has 0 radical (unpaired) electrons. The van der Waals surface area contributed by atoms with Crippen molar-refractivity contribution < 1.29 is 9.72 Å². The molecule has 1 fully saturated rings. The summed E-state index contributed by atoms with van der Waals surface area (Å²) in [5, 5.41) is 13.7. The monoisotopic (exact) mass is 340 g/mol. The predicted octanol–water partition coefficient (Wildman–Crippen LogP) is 3.67. The summed E-state index contributed by atoms with van der Waals surface area (Å²) in [5.74, 6) is 0.466. The minimum Gasteiger partial charge on any atom is -0.352 e. The van der Waals surface area contributed by atoms with Crippen molar-refractivity contribution in [3.05, 3.63) is 38.3 Å². The molecular formula is C14H17BrN2O3. The van der Waals surface area contributed by atoms with Crippen molar-refractivity contribution in [3.63, 3.8) is 0 Å². The molecule has 1 aliphatic carbocycles. The zero-order chi connectivity index (χ0) is 14.5. The van der Waals surface area contributed by atoms with Crippen molar-refractivity contribution in [2.75, 3.05) is 6.54 Å². The summed E-state index contributed by atoms with van der Waals surface area (Å²) in [6, 6.07) is 4.42. The fraction of sp³-hybridized carbons (Fsp3) is 0.500. The third-order valence-electron chi connectivity index (χ3n) is 3.72. The van der Waals surface area contributed by atoms with E-state index in [9.17, 15) is 14.9 Å². The molecule has 108 valence electrons. The van der Waals surface area contributed by atoms with Crippen LogP contribution >= 0.6 is 15.9 Å². The lowest BCUT2D eigenvalue weighted by molar-refractivity contribution is -0.385. The van der Waals surface area contributed by atoms with E-state index < -0.39 is 4.92 Å². The number of hydrogen-bond donors (Lipinski definition) is 1. The van der Waals surface area contributed by atoms with Crippen LogP contribution in [-0.4, -0.2) is 17.4 Å². The van der Waals surface area contributed by atoms with Gasteiger partial charge < -0.3 is 5.32 Å². The third-order valence-corrected chi connectivity index (χ3v) is 4.39. The Morgan fingerprint density at radius 1 is 1.40 bits per heavy atom. The second-order valence-electron chi connectivity index (χ2n) is 5.12. The van der Waals surface area contributed by atoms with Gasteiger partial charge in [-0.2, -0.15) is 0 Å². The van der Waals surface area contributed by atoms with Gasteiger partial charge in [-0.15, -0.1) is 0 Å². The van der Waals surface area contributed by atoms with Crippen molar-refractivity contribution >= 4 is 27.5 Å². The summed E-state index contributed by atoms with van der Waals surface area (Å²) in [4.78, 5) is 22.3. The van der Waals surface area contributed by atoms with Gasteiger partial charge in [0.1, 0.15) is 0 Å². The first-order valence-electron chi connectivity index (χ1n) is 6.80. The first-order chi connectivity index (χ1) is 9.58. The van der Waals surface area contributed by atoms with Crippen LogP contribution in [-0.2, 0) is 0 Å². The van der Waals surface area contributed by atoms with E-state index in [1.54, 1.807) is 6.07 Å². The van der Waals surface area contributed by atoms with Crippen LogP contribution in [0.15, 0.2) is 22.7 Å². The summed E-state index contributed by atoms with van der Waals surface area (Å²) in [5.41, 5.74) is 0.236. The minimum absolute atomic E-state index is 0.0894. The summed E-state index contributed by atoms with van der Waals surface area (Å²) >= 11 is 3.10. The maximum atomic E-state index is 12.0. The number of halogens is 1. The van der Waals surface area contributed by atoms with Gasteiger partial charge in [-0.25, -0.2) is 0 Å². The van der Waals surface area contributed by atoms with Gasteiger partial charge in [0, 0.05) is 18.2 Å². The van der Waals surface area contributed by atoms with E-state index in [1.165, 1.54) is 37.8 Å². The van der Waals surface area contributed by atoms with Gasteiger partial charge in [-0.05, 0) is 40.4 Å². The van der Waals surface area contributed by atoms with Crippen LogP contribution < -0.4 is 5.32 Å². The van der Waals surface area contributed by atoms with E-state index in [0.29, 0.717) is 16.6 Å². The van der Waals surface area contributed by atoms with Crippen LogP contribution in [0.5, 0.6) is 0 Å². The molecule has 20 heavy (non-hydrogen) atoms. The highest BCUT2D eigenvalue weighted by molar-refractivity contribution is 9.10. The predicted molar refractivity (Wildman–Crippen MR) is 79.7 cm³/mol. The molecule has 1 aromatic carbocycles. The maximum Gasteiger partial charge on any atom is 0.284 e. The molecule has 0 aromatic heterocycles. The normalized spacial score (nSPS) is 15.2. The van der Waals surface area contributed by atoms with Gasteiger partial charge in [0.2, 0.25) is 0 Å². The average Bonchev–Trinajstić information content (AvgIpc) is 2.92. The van der Waals surface area contributed by atoms with E-state index in [4.69, 9.17) is 0 Å². The molecule has 5 nitrogen and oxygen atoms in total. The zero-order valence-electron chi connectivity index (χ0n) is 11.1. The molecule has 2 rings (SSSR count). The van der Waals surface area contributed by atoms with E-state index in [2.05, 4.69) is 21.2 Å². The molecule has 1 N–H and O–H groups in total. The number of hydrogen-bond acceptors (Lipinski definition) is 3. The molecule has 0 saturated heterocycles. The Morgan fingerprint density at radius 3 is 2.75 bits per heavy atom. The second-order valence-corrected chi connectivity index (χ2v) is 5.97. The lowest BCUT2D eigenvalue weighted by atomic mass is 10.0. The number of rotatable bonds is 5. The lowest BCUT2D eigenvalue weighted by Gasteiger charge is -2.10. The molecule has 1 aliphatic rings. The number of nitrogens with one attached hydrogen (secondary N) is 1. The number of carbonyl (C=O) groups is 1. The van der Waals surface area contributed by atoms with Crippen LogP contribution in [0, 0.1) is 16.0 Å². The van der Waals surface area contributed by atoms with Gasteiger partial charge in [-0.3, -0.25) is 14.9 Å². The molecule has 1 aromatic rings. The van der Waals surface area contributed by atoms with Crippen molar-refractivity contribution in [1.82, 2.24) is 5.32 Å². The van der Waals surface area contributed by atoms with Crippen LogP contribution in [0.3, 0.4) is 0 Å². The summed E-state index contributed by atoms with van der Waals surface area (Å²) < 4.78 is 0.380. The van der Waals surface area contributed by atoms with E-state index >= 15 is 0 Å². The summed E-state index contributed by atoms with van der Waals surface area (Å²) in [6.45, 7) is 0.632. The van der Waals surface area contributed by atoms with Crippen molar-refractivity contribution in [1.29, 1.82) is 0 Å². The summed E-state index contributed by atoms with van der Waals surface area (Å²) in [7, 11) is 0. The summed E-state index contributed by atoms with van der Waals surface area (Å²) in [6.07, 6.45) is 6.07. The molecule has 1 amide bonds. The molecular weight excluding hydrogens is 324 g/mol. The number of nitrogens with zero attached hydrogens (tertiary/aromatic N) is 1. The van der Waals surface area contributed by atoms with Gasteiger partial charge in [-0.1, -0.05) is 25.7 Å². The lowest BCUT2D eigenvalue weighted by Crippen LogP contribution is -2.25. The zero-order valence-corrected chi connectivity index (χ0v) is 12.7. The largest absolute Gasteiger partial charge is 0.352 e. The second kappa shape index (κ2) is 6.83. The standard InChI is InChI=1S/C14H17BrN2O3/c15-12-6-5-11(9-13(12)17(19)20)14(18)16-8-7-10-3-1-2-4-10/h5-6,9-10H,1-4,7-8H2,(H,16,18). The Labute approximate surface area is 126 Å². The third kappa shape index (κ3) is 3.79. The fourth-order valence-electron chi connectivity index (χ4n) is 2.58. The molecule has 1 saturated carbocycles. The molecule has 0 aliphatic heterocycles. The number of amides is 1. The number of nitro groups is 1. The van der Waals surface area contributed by atoms with Crippen LogP contribution in [0.2, 0.25) is 0 Å². The van der Waals surface area contributed by atoms with Crippen molar-refractivity contribution in [2.45, 2.75) is 32.1 Å². The topological polar surface area (TPSA) is 72.2 Å². The van der Waals surface area contributed by atoms with Crippen LogP contribution in [0.25, 0.3) is 0 Å². The fourth-order valence-corrected chi connectivity index (χ4v) is 2.98. The van der Waals surface area contributed by atoms with Gasteiger partial charge in [0.05, 0.1) is 9.40 Å². The Kier molecular flexibility index (Phi) is 5.11. The number of nitro benzene ring substituents is 1. The Hall–Kier alpha value is -1.43. The highest BCUT2D eigenvalue weighted by Gasteiger charge is 2.17. The van der Waals surface area contributed by atoms with Gasteiger partial charge >= 0.3 is 0 Å². The highest BCUT2D eigenvalue weighted by Crippen LogP contribution is 2.27. The molecule has 0 unspecified atom stereocenters. The van der Waals surface area contributed by atoms with Gasteiger partial charge in [0.15, 0.2) is 0 Å². The molecule has 0 bridgehead atoms. The first-order valence-corrected chi connectivity index (χ1v) is 7.59. The Balaban J connectivity index is 1.91. The first kappa shape index (κ1) is 15.0. The van der Waals surface area contributed by atoms with E-state index in [-0.39, 0.29) is 11.6 Å². The average molecular weight is 341 g/mol. The van der Waals surface area contributed by atoms with Crippen molar-refractivity contribution in [3.8, 4) is 0 Å². The van der Waals surface area contributed by atoms with Gasteiger partial charge in [0.25, 0.3) is 11.6 Å². The molecule has 0 heterocycles. The number of carbonyl (C=O) groups excluding carboxylic acids is 1. The quantitative estimate of drug-likeness (QED) is 0.656. The Morgan fingerprint density at radius 2 is 2.10 bits per heavy atom. The maximum absolute atomic E-state index is 12.0. The van der Waals surface area contributed by atoms with Crippen LogP contribution in [0.4, 0.5) is 5.69 Å². The molecule has 0 spiro atoms. The highest BCUT2D eigenvalue weighted by atomic mass is 79.9. The van der Waals surface area contributed by atoms with E-state index in [1.807, 2.05) is 0 Å². The number of benzene rings is 1. The minimum atomic E-state index is -0.501. The van der Waals surface area contributed by atoms with Crippen molar-refractivity contribution in [2.24, 2.45) is 5.92 Å². The molecule has 0 atom stereocenters. The Bertz CT molecular complexity index is 513. The smallest absolute Gasteiger partial charge is 0.284 e. The van der Waals surface area contributed by atoms with Crippen LogP contribution in [0.1, 0.15) is 42.5 Å².